The van der Waals surface area contributed by atoms with E-state index in [0.29, 0.717) is 12.3 Å². The number of rotatable bonds is 6. The molecule has 0 fully saturated rings. The van der Waals surface area contributed by atoms with Gasteiger partial charge in [-0.25, -0.2) is 0 Å². The Balaban J connectivity index is 2.52. The van der Waals surface area contributed by atoms with Gasteiger partial charge in [0.15, 0.2) is 0 Å². The standard InChI is InChI=1S/C11H18N2O2/c1-3-15-7-6-13(2)11-4-5-12-10(8-11)9-14/h4-5,8,14H,3,6-7,9H2,1-2H3. The molecule has 1 N–H and O–H groups in total. The molecule has 0 aliphatic rings. The van der Waals surface area contributed by atoms with Gasteiger partial charge in [0.1, 0.15) is 0 Å². The minimum Gasteiger partial charge on any atom is -0.390 e. The maximum absolute atomic E-state index is 8.95. The number of aliphatic hydroxyl groups is 1. The summed E-state index contributed by atoms with van der Waals surface area (Å²) in [7, 11) is 2.00. The third kappa shape index (κ3) is 3.85. The van der Waals surface area contributed by atoms with Gasteiger partial charge >= 0.3 is 0 Å². The van der Waals surface area contributed by atoms with Crippen molar-refractivity contribution in [3.8, 4) is 0 Å². The van der Waals surface area contributed by atoms with Crippen LogP contribution < -0.4 is 4.90 Å². The smallest absolute Gasteiger partial charge is 0.0853 e. The molecule has 0 unspecified atom stereocenters. The summed E-state index contributed by atoms with van der Waals surface area (Å²) in [6.07, 6.45) is 1.71. The molecular weight excluding hydrogens is 192 g/mol. The molecule has 0 aromatic carbocycles. The van der Waals surface area contributed by atoms with E-state index in [1.807, 2.05) is 26.1 Å². The molecule has 0 bridgehead atoms. The Morgan fingerprint density at radius 3 is 3.00 bits per heavy atom. The van der Waals surface area contributed by atoms with E-state index in [9.17, 15) is 0 Å². The highest BCUT2D eigenvalue weighted by Crippen LogP contribution is 2.12. The molecule has 4 nitrogen and oxygen atoms in total. The molecular formula is C11H18N2O2. The minimum atomic E-state index is -0.0207. The van der Waals surface area contributed by atoms with Crippen molar-refractivity contribution < 1.29 is 9.84 Å². The number of nitrogens with zero attached hydrogens (tertiary/aromatic N) is 2. The molecule has 0 radical (unpaired) electrons. The van der Waals surface area contributed by atoms with E-state index in [2.05, 4.69) is 9.88 Å². The zero-order valence-electron chi connectivity index (χ0n) is 9.31. The van der Waals surface area contributed by atoms with Crippen LogP contribution in [0.4, 0.5) is 5.69 Å². The van der Waals surface area contributed by atoms with Gasteiger partial charge < -0.3 is 14.7 Å². The largest absolute Gasteiger partial charge is 0.390 e. The summed E-state index contributed by atoms with van der Waals surface area (Å²) < 4.78 is 5.28. The van der Waals surface area contributed by atoms with Crippen molar-refractivity contribution in [2.24, 2.45) is 0 Å². The molecule has 0 aliphatic carbocycles. The molecule has 1 aromatic rings. The summed E-state index contributed by atoms with van der Waals surface area (Å²) in [5.74, 6) is 0. The number of anilines is 1. The predicted molar refractivity (Wildman–Crippen MR) is 59.9 cm³/mol. The number of aromatic nitrogens is 1. The first-order chi connectivity index (χ1) is 7.27. The van der Waals surface area contributed by atoms with Gasteiger partial charge in [-0.2, -0.15) is 0 Å². The highest BCUT2D eigenvalue weighted by atomic mass is 16.5. The van der Waals surface area contributed by atoms with E-state index < -0.39 is 0 Å². The van der Waals surface area contributed by atoms with Crippen LogP contribution in [0.25, 0.3) is 0 Å². The summed E-state index contributed by atoms with van der Waals surface area (Å²) in [6, 6.07) is 3.80. The van der Waals surface area contributed by atoms with Crippen molar-refractivity contribution >= 4 is 5.69 Å². The maximum Gasteiger partial charge on any atom is 0.0853 e. The van der Waals surface area contributed by atoms with Crippen LogP contribution in [-0.4, -0.2) is 36.9 Å². The Labute approximate surface area is 90.5 Å². The summed E-state index contributed by atoms with van der Waals surface area (Å²) in [5, 5.41) is 8.95. The molecule has 0 aliphatic heterocycles. The summed E-state index contributed by atoms with van der Waals surface area (Å²) >= 11 is 0. The highest BCUT2D eigenvalue weighted by Gasteiger charge is 2.01. The van der Waals surface area contributed by atoms with Gasteiger partial charge in [0, 0.05) is 32.1 Å². The zero-order chi connectivity index (χ0) is 11.1. The maximum atomic E-state index is 8.95. The van der Waals surface area contributed by atoms with Crippen LogP contribution in [0.5, 0.6) is 0 Å². The fourth-order valence-corrected chi connectivity index (χ4v) is 1.26. The molecule has 84 valence electrons. The molecule has 1 heterocycles. The first-order valence-corrected chi connectivity index (χ1v) is 5.12. The quantitative estimate of drug-likeness (QED) is 0.713. The average molecular weight is 210 g/mol. The van der Waals surface area contributed by atoms with Gasteiger partial charge in [-0.3, -0.25) is 4.98 Å². The van der Waals surface area contributed by atoms with Gasteiger partial charge in [0.2, 0.25) is 0 Å². The van der Waals surface area contributed by atoms with Crippen LogP contribution in [0.1, 0.15) is 12.6 Å². The lowest BCUT2D eigenvalue weighted by Gasteiger charge is -2.19. The van der Waals surface area contributed by atoms with Crippen LogP contribution >= 0.6 is 0 Å². The second-order valence-corrected chi connectivity index (χ2v) is 3.28. The van der Waals surface area contributed by atoms with Crippen LogP contribution in [0, 0.1) is 0 Å². The predicted octanol–water partition coefficient (Wildman–Crippen LogP) is 1.05. The molecule has 1 aromatic heterocycles. The van der Waals surface area contributed by atoms with Crippen LogP contribution in [0.15, 0.2) is 18.3 Å². The lowest BCUT2D eigenvalue weighted by Crippen LogP contribution is -2.22. The fourth-order valence-electron chi connectivity index (χ4n) is 1.26. The van der Waals surface area contributed by atoms with E-state index in [4.69, 9.17) is 9.84 Å². The zero-order valence-corrected chi connectivity index (χ0v) is 9.31. The number of aliphatic hydroxyl groups excluding tert-OH is 1. The van der Waals surface area contributed by atoms with Crippen molar-refractivity contribution in [2.45, 2.75) is 13.5 Å². The number of ether oxygens (including phenoxy) is 1. The summed E-state index contributed by atoms with van der Waals surface area (Å²) in [6.45, 7) is 4.25. The molecule has 4 heteroatoms. The Morgan fingerprint density at radius 2 is 2.33 bits per heavy atom. The Hall–Kier alpha value is -1.13. The average Bonchev–Trinajstić information content (AvgIpc) is 2.29. The molecule has 0 atom stereocenters. The number of hydrogen-bond donors (Lipinski definition) is 1. The fraction of sp³-hybridized carbons (Fsp3) is 0.545. The number of hydrogen-bond acceptors (Lipinski definition) is 4. The summed E-state index contributed by atoms with van der Waals surface area (Å²) in [4.78, 5) is 6.11. The second kappa shape index (κ2) is 6.37. The van der Waals surface area contributed by atoms with E-state index in [0.717, 1.165) is 18.8 Å². The Bertz CT molecular complexity index is 292. The lowest BCUT2D eigenvalue weighted by atomic mass is 10.3. The summed E-state index contributed by atoms with van der Waals surface area (Å²) in [5.41, 5.74) is 1.74. The van der Waals surface area contributed by atoms with Gasteiger partial charge in [-0.05, 0) is 19.1 Å². The van der Waals surface area contributed by atoms with Crippen molar-refractivity contribution in [1.82, 2.24) is 4.98 Å². The lowest BCUT2D eigenvalue weighted by molar-refractivity contribution is 0.154. The normalized spacial score (nSPS) is 10.3. The first-order valence-electron chi connectivity index (χ1n) is 5.12. The number of pyridine rings is 1. The van der Waals surface area contributed by atoms with Gasteiger partial charge in [-0.1, -0.05) is 0 Å². The van der Waals surface area contributed by atoms with Gasteiger partial charge in [0.05, 0.1) is 18.9 Å². The Kier molecular flexibility index (Phi) is 5.07. The van der Waals surface area contributed by atoms with E-state index in [1.54, 1.807) is 6.20 Å². The molecule has 1 rings (SSSR count). The Morgan fingerprint density at radius 1 is 1.53 bits per heavy atom. The van der Waals surface area contributed by atoms with Crippen molar-refractivity contribution in [3.63, 3.8) is 0 Å². The third-order valence-corrected chi connectivity index (χ3v) is 2.18. The third-order valence-electron chi connectivity index (χ3n) is 2.18. The SMILES string of the molecule is CCOCCN(C)c1ccnc(CO)c1. The molecule has 0 saturated heterocycles. The van der Waals surface area contributed by atoms with Gasteiger partial charge in [0.25, 0.3) is 0 Å². The second-order valence-electron chi connectivity index (χ2n) is 3.28. The monoisotopic (exact) mass is 210 g/mol. The molecule has 0 spiro atoms. The van der Waals surface area contributed by atoms with Crippen LogP contribution in [0.2, 0.25) is 0 Å². The van der Waals surface area contributed by atoms with Crippen LogP contribution in [-0.2, 0) is 11.3 Å². The van der Waals surface area contributed by atoms with E-state index in [1.165, 1.54) is 0 Å². The van der Waals surface area contributed by atoms with E-state index >= 15 is 0 Å². The van der Waals surface area contributed by atoms with Crippen molar-refractivity contribution in [1.29, 1.82) is 0 Å². The van der Waals surface area contributed by atoms with E-state index in [-0.39, 0.29) is 6.61 Å². The molecule has 0 saturated carbocycles. The highest BCUT2D eigenvalue weighted by molar-refractivity contribution is 5.45. The minimum absolute atomic E-state index is 0.0207. The van der Waals surface area contributed by atoms with Crippen molar-refractivity contribution in [2.75, 3.05) is 31.7 Å². The van der Waals surface area contributed by atoms with Crippen molar-refractivity contribution in [3.05, 3.63) is 24.0 Å². The molecule has 15 heavy (non-hydrogen) atoms. The van der Waals surface area contributed by atoms with Gasteiger partial charge in [-0.15, -0.1) is 0 Å². The molecule has 0 amide bonds. The topological polar surface area (TPSA) is 45.6 Å². The first kappa shape index (κ1) is 11.9. The number of likely N-dealkylation sites (N-methyl/N-ethyl adjacent to an activating group) is 1. The van der Waals surface area contributed by atoms with Crippen LogP contribution in [0.3, 0.4) is 0 Å².